The van der Waals surface area contributed by atoms with E-state index in [4.69, 9.17) is 14.5 Å². The van der Waals surface area contributed by atoms with Gasteiger partial charge in [-0.15, -0.1) is 24.0 Å². The Labute approximate surface area is 209 Å². The summed E-state index contributed by atoms with van der Waals surface area (Å²) >= 11 is 0. The van der Waals surface area contributed by atoms with Gasteiger partial charge in [0.05, 0.1) is 20.3 Å². The standard InChI is InChI=1S/C24H35N5O2.HI/c1-4-25-24(28-20-11-12-21(31-5-2)22(16-20)30-3)27-18-19-10-13-23(26-17-19)29-14-8-6-7-9-15-29;/h10-13,16-17H,4-9,14-15,18H2,1-3H3,(H2,25,27,28);1H. The molecule has 2 N–H and O–H groups in total. The molecule has 1 aromatic carbocycles. The maximum Gasteiger partial charge on any atom is 0.196 e. The normalized spacial score (nSPS) is 14.2. The number of benzene rings is 1. The van der Waals surface area contributed by atoms with Gasteiger partial charge in [0.2, 0.25) is 0 Å². The van der Waals surface area contributed by atoms with Crippen LogP contribution in [0.2, 0.25) is 0 Å². The van der Waals surface area contributed by atoms with Crippen LogP contribution in [0.5, 0.6) is 11.5 Å². The number of hydrogen-bond donors (Lipinski definition) is 2. The highest BCUT2D eigenvalue weighted by Crippen LogP contribution is 2.30. The summed E-state index contributed by atoms with van der Waals surface area (Å²) in [6, 6.07) is 10.0. The predicted octanol–water partition coefficient (Wildman–Crippen LogP) is 5.06. The Morgan fingerprint density at radius 2 is 1.84 bits per heavy atom. The van der Waals surface area contributed by atoms with Crippen LogP contribution < -0.4 is 25.0 Å². The third kappa shape index (κ3) is 7.72. The van der Waals surface area contributed by atoms with Crippen molar-refractivity contribution in [3.63, 3.8) is 0 Å². The van der Waals surface area contributed by atoms with E-state index >= 15 is 0 Å². The highest BCUT2D eigenvalue weighted by molar-refractivity contribution is 14.0. The second kappa shape index (κ2) is 14.0. The van der Waals surface area contributed by atoms with E-state index in [0.717, 1.165) is 42.5 Å². The van der Waals surface area contributed by atoms with Gasteiger partial charge < -0.3 is 25.0 Å². The van der Waals surface area contributed by atoms with E-state index < -0.39 is 0 Å². The fourth-order valence-electron chi connectivity index (χ4n) is 3.63. The Bertz CT molecular complexity index is 837. The van der Waals surface area contributed by atoms with Crippen molar-refractivity contribution in [1.82, 2.24) is 10.3 Å². The molecule has 8 heteroatoms. The maximum absolute atomic E-state index is 5.59. The molecular formula is C24H36IN5O2. The van der Waals surface area contributed by atoms with Crippen LogP contribution in [0.25, 0.3) is 0 Å². The molecule has 1 aromatic heterocycles. The number of rotatable bonds is 8. The van der Waals surface area contributed by atoms with E-state index in [-0.39, 0.29) is 24.0 Å². The van der Waals surface area contributed by atoms with E-state index in [1.54, 1.807) is 7.11 Å². The Morgan fingerprint density at radius 1 is 1.06 bits per heavy atom. The number of halogens is 1. The van der Waals surface area contributed by atoms with Crippen molar-refractivity contribution < 1.29 is 9.47 Å². The largest absolute Gasteiger partial charge is 0.493 e. The Balaban J connectivity index is 0.00000363. The summed E-state index contributed by atoms with van der Waals surface area (Å²) in [5.74, 6) is 3.20. The summed E-state index contributed by atoms with van der Waals surface area (Å²) in [7, 11) is 1.64. The minimum absolute atomic E-state index is 0. The molecule has 2 aromatic rings. The molecular weight excluding hydrogens is 517 g/mol. The fraction of sp³-hybridized carbons (Fsp3) is 0.500. The monoisotopic (exact) mass is 553 g/mol. The first kappa shape index (κ1) is 26.0. The molecule has 0 radical (unpaired) electrons. The van der Waals surface area contributed by atoms with Gasteiger partial charge in [-0.1, -0.05) is 18.9 Å². The van der Waals surface area contributed by atoms with Gasteiger partial charge >= 0.3 is 0 Å². The molecule has 2 heterocycles. The number of hydrogen-bond acceptors (Lipinski definition) is 5. The van der Waals surface area contributed by atoms with Crippen molar-refractivity contribution in [3.8, 4) is 11.5 Å². The van der Waals surface area contributed by atoms with Crippen molar-refractivity contribution in [2.24, 2.45) is 4.99 Å². The molecule has 1 saturated heterocycles. The second-order valence-electron chi connectivity index (χ2n) is 7.54. The first-order valence-corrected chi connectivity index (χ1v) is 11.3. The van der Waals surface area contributed by atoms with Gasteiger partial charge in [0.15, 0.2) is 17.5 Å². The van der Waals surface area contributed by atoms with Gasteiger partial charge in [-0.25, -0.2) is 9.98 Å². The molecule has 1 aliphatic rings. The van der Waals surface area contributed by atoms with Gasteiger partial charge in [-0.2, -0.15) is 0 Å². The minimum atomic E-state index is 0. The number of nitrogens with one attached hydrogen (secondary N) is 2. The van der Waals surface area contributed by atoms with Crippen molar-refractivity contribution in [1.29, 1.82) is 0 Å². The van der Waals surface area contributed by atoms with Crippen LogP contribution in [0.3, 0.4) is 0 Å². The summed E-state index contributed by atoms with van der Waals surface area (Å²) in [5, 5.41) is 6.63. The van der Waals surface area contributed by atoms with Crippen LogP contribution >= 0.6 is 24.0 Å². The molecule has 0 atom stereocenters. The number of aromatic nitrogens is 1. The average molecular weight is 553 g/mol. The zero-order valence-electron chi connectivity index (χ0n) is 19.4. The molecule has 1 aliphatic heterocycles. The van der Waals surface area contributed by atoms with E-state index in [1.807, 2.05) is 38.2 Å². The maximum atomic E-state index is 5.59. The van der Waals surface area contributed by atoms with Crippen molar-refractivity contribution in [3.05, 3.63) is 42.1 Å². The molecule has 0 saturated carbocycles. The first-order chi connectivity index (χ1) is 15.2. The van der Waals surface area contributed by atoms with Gasteiger partial charge in [-0.3, -0.25) is 0 Å². The lowest BCUT2D eigenvalue weighted by Crippen LogP contribution is -2.30. The lowest BCUT2D eigenvalue weighted by Gasteiger charge is -2.21. The summed E-state index contributed by atoms with van der Waals surface area (Å²) in [6.07, 6.45) is 7.09. The van der Waals surface area contributed by atoms with E-state index in [2.05, 4.69) is 32.7 Å². The van der Waals surface area contributed by atoms with Gasteiger partial charge in [0, 0.05) is 37.6 Å². The highest BCUT2D eigenvalue weighted by Gasteiger charge is 2.11. The molecule has 1 fully saturated rings. The Morgan fingerprint density at radius 3 is 2.47 bits per heavy atom. The summed E-state index contributed by atoms with van der Waals surface area (Å²) in [6.45, 7) is 8.13. The Kier molecular flexibility index (Phi) is 11.4. The van der Waals surface area contributed by atoms with E-state index in [1.165, 1.54) is 25.7 Å². The van der Waals surface area contributed by atoms with E-state index in [9.17, 15) is 0 Å². The SMILES string of the molecule is CCNC(=NCc1ccc(N2CCCCCC2)nc1)Nc1ccc(OCC)c(OC)c1.I. The first-order valence-electron chi connectivity index (χ1n) is 11.3. The number of anilines is 2. The molecule has 0 amide bonds. The van der Waals surface area contributed by atoms with Gasteiger partial charge in [0.25, 0.3) is 0 Å². The molecule has 3 rings (SSSR count). The molecule has 176 valence electrons. The lowest BCUT2D eigenvalue weighted by molar-refractivity contribution is 0.311. The highest BCUT2D eigenvalue weighted by atomic mass is 127. The molecule has 0 aliphatic carbocycles. The Hall–Kier alpha value is -2.23. The number of nitrogens with zero attached hydrogens (tertiary/aromatic N) is 3. The smallest absolute Gasteiger partial charge is 0.196 e. The second-order valence-corrected chi connectivity index (χ2v) is 7.54. The topological polar surface area (TPSA) is 71.0 Å². The summed E-state index contributed by atoms with van der Waals surface area (Å²) < 4.78 is 11.0. The molecule has 32 heavy (non-hydrogen) atoms. The summed E-state index contributed by atoms with van der Waals surface area (Å²) in [4.78, 5) is 11.8. The van der Waals surface area contributed by atoms with Crippen LogP contribution in [-0.4, -0.2) is 44.3 Å². The van der Waals surface area contributed by atoms with Crippen LogP contribution in [-0.2, 0) is 6.54 Å². The molecule has 0 spiro atoms. The van der Waals surface area contributed by atoms with Gasteiger partial charge in [0.1, 0.15) is 5.82 Å². The predicted molar refractivity (Wildman–Crippen MR) is 143 cm³/mol. The van der Waals surface area contributed by atoms with Gasteiger partial charge in [-0.05, 0) is 50.5 Å². The third-order valence-electron chi connectivity index (χ3n) is 5.23. The third-order valence-corrected chi connectivity index (χ3v) is 5.23. The van der Waals surface area contributed by atoms with Crippen LogP contribution in [0.4, 0.5) is 11.5 Å². The molecule has 7 nitrogen and oxygen atoms in total. The van der Waals surface area contributed by atoms with Crippen molar-refractivity contribution in [2.75, 3.05) is 43.6 Å². The minimum Gasteiger partial charge on any atom is -0.493 e. The number of aliphatic imine (C=N–C) groups is 1. The zero-order valence-corrected chi connectivity index (χ0v) is 21.7. The quantitative estimate of drug-likeness (QED) is 0.271. The number of pyridine rings is 1. The van der Waals surface area contributed by atoms with Crippen molar-refractivity contribution in [2.45, 2.75) is 46.1 Å². The molecule has 0 unspecified atom stereocenters. The van der Waals surface area contributed by atoms with Crippen LogP contribution in [0.15, 0.2) is 41.5 Å². The number of ether oxygens (including phenoxy) is 2. The fourth-order valence-corrected chi connectivity index (χ4v) is 3.63. The lowest BCUT2D eigenvalue weighted by atomic mass is 10.2. The number of methoxy groups -OCH3 is 1. The van der Waals surface area contributed by atoms with Crippen molar-refractivity contribution >= 4 is 41.4 Å². The number of guanidine groups is 1. The average Bonchev–Trinajstić information content (AvgIpc) is 3.09. The molecule has 0 bridgehead atoms. The van der Waals surface area contributed by atoms with Crippen LogP contribution in [0, 0.1) is 0 Å². The zero-order chi connectivity index (χ0) is 21.9. The van der Waals surface area contributed by atoms with E-state index in [0.29, 0.717) is 24.9 Å². The summed E-state index contributed by atoms with van der Waals surface area (Å²) in [5.41, 5.74) is 1.97. The van der Waals surface area contributed by atoms with Crippen LogP contribution in [0.1, 0.15) is 45.1 Å².